The molecular formula is C20H29N2O3+. The zero-order valence-corrected chi connectivity index (χ0v) is 15.0. The normalized spacial score (nSPS) is 32.6. The van der Waals surface area contributed by atoms with Crippen LogP contribution in [0.1, 0.15) is 44.1 Å². The van der Waals surface area contributed by atoms with Gasteiger partial charge in [-0.15, -0.1) is 0 Å². The van der Waals surface area contributed by atoms with Crippen molar-refractivity contribution in [3.05, 3.63) is 23.8 Å². The summed E-state index contributed by atoms with van der Waals surface area (Å²) < 4.78 is 11.1. The van der Waals surface area contributed by atoms with Gasteiger partial charge in [-0.1, -0.05) is 6.07 Å². The van der Waals surface area contributed by atoms with Gasteiger partial charge in [0.05, 0.1) is 18.2 Å². The number of rotatable bonds is 7. The molecule has 5 nitrogen and oxygen atoms in total. The molecule has 0 radical (unpaired) electrons. The van der Waals surface area contributed by atoms with Gasteiger partial charge < -0.3 is 20.5 Å². The molecule has 0 saturated heterocycles. The number of primary amides is 1. The SMILES string of the molecule is COc1cccc(C[NH2+]C23CC4CC(CC(C4)C2)C3)c1OCC(N)=O. The van der Waals surface area contributed by atoms with E-state index in [1.807, 2.05) is 12.1 Å². The Morgan fingerprint density at radius 3 is 2.40 bits per heavy atom. The lowest BCUT2D eigenvalue weighted by atomic mass is 9.53. The monoisotopic (exact) mass is 345 g/mol. The number of hydrogen-bond acceptors (Lipinski definition) is 3. The molecule has 136 valence electrons. The maximum atomic E-state index is 11.1. The third-order valence-electron chi connectivity index (χ3n) is 6.48. The summed E-state index contributed by atoms with van der Waals surface area (Å²) in [7, 11) is 1.62. The summed E-state index contributed by atoms with van der Waals surface area (Å²) in [4.78, 5) is 11.1. The van der Waals surface area contributed by atoms with E-state index in [0.717, 1.165) is 29.9 Å². The van der Waals surface area contributed by atoms with Crippen LogP contribution in [0.25, 0.3) is 0 Å². The van der Waals surface area contributed by atoms with Crippen LogP contribution in [-0.2, 0) is 11.3 Å². The quantitative estimate of drug-likeness (QED) is 0.788. The number of amides is 1. The lowest BCUT2D eigenvalue weighted by Gasteiger charge is -2.54. The van der Waals surface area contributed by atoms with Crippen LogP contribution in [0, 0.1) is 17.8 Å². The molecule has 0 heterocycles. The fourth-order valence-electron chi connectivity index (χ4n) is 5.94. The Morgan fingerprint density at radius 2 is 1.84 bits per heavy atom. The molecule has 4 saturated carbocycles. The fourth-order valence-corrected chi connectivity index (χ4v) is 5.94. The van der Waals surface area contributed by atoms with E-state index in [1.54, 1.807) is 7.11 Å². The summed E-state index contributed by atoms with van der Waals surface area (Å²) in [5.41, 5.74) is 6.74. The van der Waals surface area contributed by atoms with E-state index >= 15 is 0 Å². The second-order valence-electron chi connectivity index (χ2n) is 8.39. The van der Waals surface area contributed by atoms with Crippen LogP contribution in [0.2, 0.25) is 0 Å². The molecule has 25 heavy (non-hydrogen) atoms. The van der Waals surface area contributed by atoms with Crippen molar-refractivity contribution < 1.29 is 19.6 Å². The van der Waals surface area contributed by atoms with Crippen LogP contribution >= 0.6 is 0 Å². The third-order valence-corrected chi connectivity index (χ3v) is 6.48. The predicted molar refractivity (Wildman–Crippen MR) is 94.2 cm³/mol. The van der Waals surface area contributed by atoms with Crippen LogP contribution in [-0.4, -0.2) is 25.2 Å². The van der Waals surface area contributed by atoms with Crippen LogP contribution < -0.4 is 20.5 Å². The molecule has 4 N–H and O–H groups in total. The van der Waals surface area contributed by atoms with Crippen LogP contribution in [0.15, 0.2) is 18.2 Å². The Balaban J connectivity index is 1.50. The summed E-state index contributed by atoms with van der Waals surface area (Å²) in [6, 6.07) is 5.92. The van der Waals surface area contributed by atoms with E-state index in [0.29, 0.717) is 17.0 Å². The Morgan fingerprint density at radius 1 is 1.20 bits per heavy atom. The van der Waals surface area contributed by atoms with Gasteiger partial charge >= 0.3 is 0 Å². The number of carbonyl (C=O) groups excluding carboxylic acids is 1. The zero-order chi connectivity index (χ0) is 17.4. The Labute approximate surface area is 149 Å². The maximum absolute atomic E-state index is 11.1. The van der Waals surface area contributed by atoms with Crippen molar-refractivity contribution >= 4 is 5.91 Å². The summed E-state index contributed by atoms with van der Waals surface area (Å²) in [6.45, 7) is 0.738. The van der Waals surface area contributed by atoms with E-state index in [2.05, 4.69) is 11.4 Å². The first kappa shape index (κ1) is 16.7. The van der Waals surface area contributed by atoms with Gasteiger partial charge in [0.2, 0.25) is 0 Å². The van der Waals surface area contributed by atoms with Crippen molar-refractivity contribution in [2.75, 3.05) is 13.7 Å². The minimum atomic E-state index is -0.470. The molecule has 5 heteroatoms. The highest BCUT2D eigenvalue weighted by Crippen LogP contribution is 2.54. The number of hydrogen-bond donors (Lipinski definition) is 2. The summed E-state index contributed by atoms with van der Waals surface area (Å²) >= 11 is 0. The predicted octanol–water partition coefficient (Wildman–Crippen LogP) is 1.59. The molecule has 4 bridgehead atoms. The van der Waals surface area contributed by atoms with Crippen LogP contribution in [0.4, 0.5) is 0 Å². The van der Waals surface area contributed by atoms with E-state index in [4.69, 9.17) is 15.2 Å². The molecule has 5 rings (SSSR count). The number of quaternary nitrogens is 1. The second kappa shape index (κ2) is 6.52. The number of nitrogens with two attached hydrogens (primary N) is 2. The summed E-state index contributed by atoms with van der Waals surface area (Å²) in [5.74, 6) is 3.68. The highest BCUT2D eigenvalue weighted by molar-refractivity contribution is 5.75. The topological polar surface area (TPSA) is 78.2 Å². The maximum Gasteiger partial charge on any atom is 0.255 e. The number of benzene rings is 1. The van der Waals surface area contributed by atoms with Gasteiger partial charge in [-0.3, -0.25) is 4.79 Å². The lowest BCUT2D eigenvalue weighted by Crippen LogP contribution is -2.97. The van der Waals surface area contributed by atoms with Crippen LogP contribution in [0.3, 0.4) is 0 Å². The molecule has 0 aliphatic heterocycles. The molecule has 0 unspecified atom stereocenters. The number of para-hydroxylation sites is 1. The standard InChI is InChI=1S/C20H28N2O3/c1-24-17-4-2-3-16(19(17)25-12-18(21)23)11-22-20-8-13-5-14(9-20)7-15(6-13)10-20/h2-4,13-15,22H,5-12H2,1H3,(H2,21,23)/p+1. The molecule has 0 spiro atoms. The van der Waals surface area contributed by atoms with Gasteiger partial charge in [-0.25, -0.2) is 0 Å². The minimum Gasteiger partial charge on any atom is -0.493 e. The fraction of sp³-hybridized carbons (Fsp3) is 0.650. The Hall–Kier alpha value is -1.75. The second-order valence-corrected chi connectivity index (χ2v) is 8.39. The molecule has 1 aromatic carbocycles. The van der Waals surface area contributed by atoms with Crippen molar-refractivity contribution in [3.8, 4) is 11.5 Å². The average molecular weight is 345 g/mol. The van der Waals surface area contributed by atoms with E-state index in [1.165, 1.54) is 38.5 Å². The van der Waals surface area contributed by atoms with E-state index in [-0.39, 0.29) is 6.61 Å². The Kier molecular flexibility index (Phi) is 4.36. The molecule has 1 amide bonds. The van der Waals surface area contributed by atoms with E-state index < -0.39 is 5.91 Å². The molecule has 4 aliphatic rings. The van der Waals surface area contributed by atoms with Gasteiger partial charge in [-0.05, 0) is 49.1 Å². The zero-order valence-electron chi connectivity index (χ0n) is 15.0. The molecule has 4 aliphatic carbocycles. The van der Waals surface area contributed by atoms with Crippen molar-refractivity contribution in [2.24, 2.45) is 23.5 Å². The smallest absolute Gasteiger partial charge is 0.255 e. The molecule has 0 aromatic heterocycles. The van der Waals surface area contributed by atoms with E-state index in [9.17, 15) is 4.79 Å². The number of methoxy groups -OCH3 is 1. The van der Waals surface area contributed by atoms with Crippen LogP contribution in [0.5, 0.6) is 11.5 Å². The summed E-state index contributed by atoms with van der Waals surface area (Å²) in [5, 5.41) is 2.55. The van der Waals surface area contributed by atoms with Gasteiger partial charge in [0.15, 0.2) is 18.1 Å². The molecule has 0 atom stereocenters. The van der Waals surface area contributed by atoms with Crippen molar-refractivity contribution in [3.63, 3.8) is 0 Å². The highest BCUT2D eigenvalue weighted by atomic mass is 16.5. The van der Waals surface area contributed by atoms with Gasteiger partial charge in [0.25, 0.3) is 5.91 Å². The van der Waals surface area contributed by atoms with Crippen molar-refractivity contribution in [1.29, 1.82) is 0 Å². The van der Waals surface area contributed by atoms with Gasteiger partial charge in [-0.2, -0.15) is 0 Å². The molecule has 1 aromatic rings. The number of ether oxygens (including phenoxy) is 2. The largest absolute Gasteiger partial charge is 0.493 e. The highest BCUT2D eigenvalue weighted by Gasteiger charge is 2.53. The lowest BCUT2D eigenvalue weighted by molar-refractivity contribution is -0.752. The summed E-state index contributed by atoms with van der Waals surface area (Å²) in [6.07, 6.45) is 8.46. The number of carbonyl (C=O) groups is 1. The third kappa shape index (κ3) is 3.34. The molecule has 4 fully saturated rings. The first-order chi connectivity index (χ1) is 12.1. The van der Waals surface area contributed by atoms with Gasteiger partial charge in [0, 0.05) is 19.3 Å². The van der Waals surface area contributed by atoms with Gasteiger partial charge in [0.1, 0.15) is 6.54 Å². The Bertz CT molecular complexity index is 623. The molecular weight excluding hydrogens is 316 g/mol. The first-order valence-electron chi connectivity index (χ1n) is 9.48. The average Bonchev–Trinajstić information content (AvgIpc) is 2.57. The first-order valence-corrected chi connectivity index (χ1v) is 9.48. The van der Waals surface area contributed by atoms with Crippen molar-refractivity contribution in [2.45, 2.75) is 50.6 Å². The minimum absolute atomic E-state index is 0.120. The van der Waals surface area contributed by atoms with Crippen molar-refractivity contribution in [1.82, 2.24) is 0 Å².